The molecule has 0 amide bonds. The quantitative estimate of drug-likeness (QED) is 0.696. The maximum absolute atomic E-state index is 9.00. The first kappa shape index (κ1) is 7.65. The lowest BCUT2D eigenvalue weighted by Crippen LogP contribution is -1.79. The molecule has 0 radical (unpaired) electrons. The van der Waals surface area contributed by atoms with Crippen LogP contribution in [0.15, 0.2) is 24.3 Å². The van der Waals surface area contributed by atoms with Gasteiger partial charge >= 0.3 is 0 Å². The van der Waals surface area contributed by atoms with Crippen molar-refractivity contribution < 1.29 is 5.11 Å². The molecular weight excluding hydrogens is 174 g/mol. The van der Waals surface area contributed by atoms with Crippen LogP contribution in [0.25, 0.3) is 10.9 Å². The normalized spacial score (nSPS) is 10.8. The Morgan fingerprint density at radius 1 is 1.33 bits per heavy atom. The molecule has 0 saturated heterocycles. The highest BCUT2D eigenvalue weighted by atomic mass is 35.5. The van der Waals surface area contributed by atoms with Crippen LogP contribution < -0.4 is 0 Å². The third kappa shape index (κ3) is 1.00. The fourth-order valence-corrected chi connectivity index (χ4v) is 1.59. The summed E-state index contributed by atoms with van der Waals surface area (Å²) in [5, 5.41) is 10.5. The number of H-pyrrole nitrogens is 1. The number of hydrogen-bond acceptors (Lipinski definition) is 1. The van der Waals surface area contributed by atoms with Crippen LogP contribution >= 0.6 is 11.6 Å². The number of aliphatic hydroxyl groups is 1. The largest absolute Gasteiger partial charge is 0.392 e. The predicted octanol–water partition coefficient (Wildman–Crippen LogP) is 2.31. The fraction of sp³-hybridized carbons (Fsp3) is 0.111. The van der Waals surface area contributed by atoms with Gasteiger partial charge in [0.2, 0.25) is 0 Å². The van der Waals surface area contributed by atoms with Crippen LogP contribution in [-0.4, -0.2) is 10.1 Å². The van der Waals surface area contributed by atoms with E-state index in [0.29, 0.717) is 5.15 Å². The molecule has 1 heterocycles. The van der Waals surface area contributed by atoms with Crippen molar-refractivity contribution in [2.45, 2.75) is 6.61 Å². The van der Waals surface area contributed by atoms with Crippen LogP contribution in [0.3, 0.4) is 0 Å². The highest BCUT2D eigenvalue weighted by molar-refractivity contribution is 6.31. The number of hydrogen-bond donors (Lipinski definition) is 2. The van der Waals surface area contributed by atoms with Crippen LogP contribution in [0.4, 0.5) is 0 Å². The number of aromatic nitrogens is 1. The molecule has 12 heavy (non-hydrogen) atoms. The van der Waals surface area contributed by atoms with Crippen LogP contribution in [0.2, 0.25) is 5.15 Å². The van der Waals surface area contributed by atoms with Gasteiger partial charge in [-0.1, -0.05) is 29.8 Å². The number of para-hydroxylation sites is 1. The molecule has 0 bridgehead atoms. The van der Waals surface area contributed by atoms with Crippen LogP contribution in [0, 0.1) is 0 Å². The summed E-state index contributed by atoms with van der Waals surface area (Å²) < 4.78 is 0. The zero-order chi connectivity index (χ0) is 8.55. The molecule has 0 atom stereocenters. The van der Waals surface area contributed by atoms with Crippen molar-refractivity contribution in [2.24, 2.45) is 0 Å². The van der Waals surface area contributed by atoms with E-state index in [9.17, 15) is 0 Å². The van der Waals surface area contributed by atoms with Crippen molar-refractivity contribution in [3.63, 3.8) is 0 Å². The number of rotatable bonds is 1. The number of fused-ring (bicyclic) bond motifs is 1. The van der Waals surface area contributed by atoms with Gasteiger partial charge in [-0.2, -0.15) is 0 Å². The van der Waals surface area contributed by atoms with Gasteiger partial charge < -0.3 is 10.1 Å². The van der Waals surface area contributed by atoms with E-state index in [2.05, 4.69) is 4.98 Å². The Labute approximate surface area is 74.8 Å². The lowest BCUT2D eigenvalue weighted by Gasteiger charge is -1.91. The lowest BCUT2D eigenvalue weighted by atomic mass is 10.2. The Kier molecular flexibility index (Phi) is 1.79. The first-order valence-corrected chi connectivity index (χ1v) is 4.06. The minimum atomic E-state index is -0.0250. The van der Waals surface area contributed by atoms with Crippen molar-refractivity contribution >= 4 is 22.5 Å². The molecule has 0 aliphatic rings. The first-order chi connectivity index (χ1) is 5.83. The molecule has 2 aromatic rings. The Bertz CT molecular complexity index is 408. The molecular formula is C9H8ClNO. The van der Waals surface area contributed by atoms with E-state index in [0.717, 1.165) is 16.5 Å². The molecule has 0 fully saturated rings. The Balaban J connectivity index is 2.81. The molecule has 1 aromatic carbocycles. The third-order valence-electron chi connectivity index (χ3n) is 1.92. The van der Waals surface area contributed by atoms with Gasteiger partial charge in [-0.25, -0.2) is 0 Å². The molecule has 62 valence electrons. The lowest BCUT2D eigenvalue weighted by molar-refractivity contribution is 0.283. The van der Waals surface area contributed by atoms with Gasteiger partial charge in [0.15, 0.2) is 0 Å². The summed E-state index contributed by atoms with van der Waals surface area (Å²) in [6.45, 7) is -0.0250. The molecule has 2 rings (SSSR count). The summed E-state index contributed by atoms with van der Waals surface area (Å²) in [5.41, 5.74) is 1.74. The SMILES string of the molecule is OCc1c(Cl)[nH]c2ccccc12. The average molecular weight is 182 g/mol. The monoisotopic (exact) mass is 181 g/mol. The van der Waals surface area contributed by atoms with E-state index in [4.69, 9.17) is 16.7 Å². The molecule has 2 nitrogen and oxygen atoms in total. The topological polar surface area (TPSA) is 36.0 Å². The highest BCUT2D eigenvalue weighted by Gasteiger charge is 2.06. The molecule has 1 aromatic heterocycles. The van der Waals surface area contributed by atoms with Crippen molar-refractivity contribution in [1.29, 1.82) is 0 Å². The second-order valence-corrected chi connectivity index (χ2v) is 3.00. The summed E-state index contributed by atoms with van der Waals surface area (Å²) in [5.74, 6) is 0. The van der Waals surface area contributed by atoms with E-state index in [1.165, 1.54) is 0 Å². The summed E-state index contributed by atoms with van der Waals surface area (Å²) in [7, 11) is 0. The standard InChI is InChI=1S/C9H8ClNO/c10-9-7(5-12)6-3-1-2-4-8(6)11-9/h1-4,11-12H,5H2. The molecule has 0 unspecified atom stereocenters. The minimum absolute atomic E-state index is 0.0250. The molecule has 2 N–H and O–H groups in total. The fourth-order valence-electron chi connectivity index (χ4n) is 1.32. The summed E-state index contributed by atoms with van der Waals surface area (Å²) in [6.07, 6.45) is 0. The molecule has 3 heteroatoms. The van der Waals surface area contributed by atoms with E-state index in [-0.39, 0.29) is 6.61 Å². The van der Waals surface area contributed by atoms with E-state index >= 15 is 0 Å². The van der Waals surface area contributed by atoms with Crippen LogP contribution in [-0.2, 0) is 6.61 Å². The van der Waals surface area contributed by atoms with Crippen LogP contribution in [0.5, 0.6) is 0 Å². The summed E-state index contributed by atoms with van der Waals surface area (Å²) >= 11 is 5.85. The van der Waals surface area contributed by atoms with Gasteiger partial charge in [-0.15, -0.1) is 0 Å². The summed E-state index contributed by atoms with van der Waals surface area (Å²) in [6, 6.07) is 7.71. The van der Waals surface area contributed by atoms with Gasteiger partial charge in [-0.05, 0) is 6.07 Å². The average Bonchev–Trinajstić information content (AvgIpc) is 2.40. The number of benzene rings is 1. The van der Waals surface area contributed by atoms with Crippen molar-refractivity contribution in [3.8, 4) is 0 Å². The first-order valence-electron chi connectivity index (χ1n) is 3.69. The molecule has 0 aliphatic heterocycles. The zero-order valence-electron chi connectivity index (χ0n) is 6.34. The van der Waals surface area contributed by atoms with Gasteiger partial charge in [0.25, 0.3) is 0 Å². The Morgan fingerprint density at radius 3 is 2.83 bits per heavy atom. The zero-order valence-corrected chi connectivity index (χ0v) is 7.10. The smallest absolute Gasteiger partial charge is 0.112 e. The summed E-state index contributed by atoms with van der Waals surface area (Å²) in [4.78, 5) is 2.98. The molecule has 0 saturated carbocycles. The van der Waals surface area contributed by atoms with E-state index < -0.39 is 0 Å². The van der Waals surface area contributed by atoms with Gasteiger partial charge in [-0.3, -0.25) is 0 Å². The second-order valence-electron chi connectivity index (χ2n) is 2.62. The van der Waals surface area contributed by atoms with Crippen molar-refractivity contribution in [1.82, 2.24) is 4.98 Å². The molecule has 0 aliphatic carbocycles. The van der Waals surface area contributed by atoms with Gasteiger partial charge in [0.05, 0.1) is 6.61 Å². The minimum Gasteiger partial charge on any atom is -0.392 e. The van der Waals surface area contributed by atoms with Crippen molar-refractivity contribution in [3.05, 3.63) is 35.0 Å². The third-order valence-corrected chi connectivity index (χ3v) is 2.24. The number of nitrogens with one attached hydrogen (secondary N) is 1. The molecule has 0 spiro atoms. The van der Waals surface area contributed by atoms with E-state index in [1.54, 1.807) is 0 Å². The van der Waals surface area contributed by atoms with E-state index in [1.807, 2.05) is 24.3 Å². The number of halogens is 1. The number of aliphatic hydroxyl groups excluding tert-OH is 1. The van der Waals surface area contributed by atoms with Gasteiger partial charge in [0, 0.05) is 16.5 Å². The highest BCUT2D eigenvalue weighted by Crippen LogP contribution is 2.25. The van der Waals surface area contributed by atoms with Crippen LogP contribution in [0.1, 0.15) is 5.56 Å². The van der Waals surface area contributed by atoms with Crippen molar-refractivity contribution in [2.75, 3.05) is 0 Å². The Morgan fingerprint density at radius 2 is 2.08 bits per heavy atom. The predicted molar refractivity (Wildman–Crippen MR) is 49.2 cm³/mol. The number of aromatic amines is 1. The Hall–Kier alpha value is -0.990. The van der Waals surface area contributed by atoms with Gasteiger partial charge in [0.1, 0.15) is 5.15 Å². The maximum Gasteiger partial charge on any atom is 0.112 e. The second kappa shape index (κ2) is 2.81. The maximum atomic E-state index is 9.00.